The number of ether oxygens (including phenoxy) is 1. The van der Waals surface area contributed by atoms with Gasteiger partial charge in [-0.3, -0.25) is 4.79 Å². The van der Waals surface area contributed by atoms with E-state index in [2.05, 4.69) is 30.9 Å². The summed E-state index contributed by atoms with van der Waals surface area (Å²) in [5.41, 5.74) is 0. The maximum absolute atomic E-state index is 11.7. The summed E-state index contributed by atoms with van der Waals surface area (Å²) in [5.74, 6) is 3.13. The van der Waals surface area contributed by atoms with Crippen molar-refractivity contribution in [1.82, 2.24) is 5.32 Å². The molecule has 3 atom stereocenters. The highest BCUT2D eigenvalue weighted by Gasteiger charge is 2.26. The van der Waals surface area contributed by atoms with Crippen molar-refractivity contribution in [2.24, 2.45) is 11.8 Å². The molecule has 1 aliphatic rings. The molecule has 106 valence electrons. The highest BCUT2D eigenvalue weighted by molar-refractivity contribution is 7.99. The Kier molecular flexibility index (Phi) is 7.08. The molecule has 0 saturated carbocycles. The van der Waals surface area contributed by atoms with Crippen LogP contribution in [0.15, 0.2) is 0 Å². The molecule has 1 N–H and O–H groups in total. The maximum atomic E-state index is 11.7. The molecule has 1 fully saturated rings. The predicted molar refractivity (Wildman–Crippen MR) is 77.9 cm³/mol. The number of thioether (sulfide) groups is 1. The Morgan fingerprint density at radius 2 is 1.94 bits per heavy atom. The molecule has 0 radical (unpaired) electrons. The summed E-state index contributed by atoms with van der Waals surface area (Å²) in [5, 5.41) is 3.58. The van der Waals surface area contributed by atoms with Crippen LogP contribution in [0.4, 0.5) is 0 Å². The van der Waals surface area contributed by atoms with Crippen LogP contribution in [-0.4, -0.2) is 36.2 Å². The number of esters is 1. The van der Waals surface area contributed by atoms with Gasteiger partial charge in [-0.1, -0.05) is 6.92 Å². The van der Waals surface area contributed by atoms with Gasteiger partial charge in [0.2, 0.25) is 0 Å². The molecule has 0 aromatic rings. The highest BCUT2D eigenvalue weighted by atomic mass is 32.2. The number of nitrogens with one attached hydrogen (secondary N) is 1. The summed E-state index contributed by atoms with van der Waals surface area (Å²) in [6.45, 7) is 8.58. The van der Waals surface area contributed by atoms with Gasteiger partial charge in [-0.2, -0.15) is 11.8 Å². The van der Waals surface area contributed by atoms with E-state index in [1.165, 1.54) is 24.3 Å². The summed E-state index contributed by atoms with van der Waals surface area (Å²) in [6.07, 6.45) is 2.58. The first kappa shape index (κ1) is 15.8. The summed E-state index contributed by atoms with van der Waals surface area (Å²) in [6, 6.07) is 0.659. The van der Waals surface area contributed by atoms with Crippen molar-refractivity contribution in [3.63, 3.8) is 0 Å². The second-order valence-electron chi connectivity index (χ2n) is 5.23. The van der Waals surface area contributed by atoms with E-state index in [-0.39, 0.29) is 17.9 Å². The van der Waals surface area contributed by atoms with Crippen molar-refractivity contribution in [3.05, 3.63) is 0 Å². The van der Waals surface area contributed by atoms with E-state index < -0.39 is 0 Å². The molecule has 0 aliphatic carbocycles. The van der Waals surface area contributed by atoms with Crippen molar-refractivity contribution >= 4 is 17.7 Å². The molecular weight excluding hydrogens is 246 g/mol. The van der Waals surface area contributed by atoms with Gasteiger partial charge in [0.15, 0.2) is 0 Å². The van der Waals surface area contributed by atoms with Crippen molar-refractivity contribution in [3.8, 4) is 0 Å². The van der Waals surface area contributed by atoms with Crippen LogP contribution in [0.5, 0.6) is 0 Å². The molecule has 0 bridgehead atoms. The lowest BCUT2D eigenvalue weighted by Gasteiger charge is -2.31. The van der Waals surface area contributed by atoms with Gasteiger partial charge in [-0.25, -0.2) is 0 Å². The van der Waals surface area contributed by atoms with E-state index in [1.807, 2.05) is 13.8 Å². The second-order valence-corrected chi connectivity index (χ2v) is 6.46. The van der Waals surface area contributed by atoms with Crippen LogP contribution in [0.1, 0.15) is 40.5 Å². The fourth-order valence-corrected chi connectivity index (χ4v) is 3.53. The number of hydrogen-bond donors (Lipinski definition) is 1. The Morgan fingerprint density at radius 1 is 1.33 bits per heavy atom. The first-order valence-corrected chi connectivity index (χ1v) is 8.22. The molecule has 0 unspecified atom stereocenters. The lowest BCUT2D eigenvalue weighted by Crippen LogP contribution is -2.45. The fourth-order valence-electron chi connectivity index (χ4n) is 2.39. The average molecular weight is 273 g/mol. The minimum Gasteiger partial charge on any atom is -0.466 e. The van der Waals surface area contributed by atoms with Crippen LogP contribution in [0, 0.1) is 11.8 Å². The van der Waals surface area contributed by atoms with Gasteiger partial charge < -0.3 is 10.1 Å². The number of carbonyl (C=O) groups excluding carboxylic acids is 1. The largest absolute Gasteiger partial charge is 0.466 e. The molecule has 0 spiro atoms. The molecule has 0 aromatic carbocycles. The Morgan fingerprint density at radius 3 is 2.50 bits per heavy atom. The monoisotopic (exact) mass is 273 g/mol. The Hall–Kier alpha value is -0.220. The highest BCUT2D eigenvalue weighted by Crippen LogP contribution is 2.25. The SMILES string of the molecule is CCOC(=O)[C@H](C)[C@H](C)N[C@@H](C)C1CCSCC1. The number of rotatable bonds is 6. The standard InChI is InChI=1S/C14H27NO2S/c1-5-17-14(16)10(2)11(3)15-12(4)13-6-8-18-9-7-13/h10-13,15H,5-9H2,1-4H3/t10-,11+,12+/m1/s1. The van der Waals surface area contributed by atoms with Gasteiger partial charge in [0.25, 0.3) is 0 Å². The maximum Gasteiger partial charge on any atom is 0.310 e. The topological polar surface area (TPSA) is 38.3 Å². The van der Waals surface area contributed by atoms with Crippen molar-refractivity contribution in [2.45, 2.75) is 52.6 Å². The molecule has 18 heavy (non-hydrogen) atoms. The third kappa shape index (κ3) is 4.81. The van der Waals surface area contributed by atoms with Crippen molar-refractivity contribution < 1.29 is 9.53 Å². The lowest BCUT2D eigenvalue weighted by atomic mass is 9.93. The molecule has 1 rings (SSSR count). The van der Waals surface area contributed by atoms with E-state index in [0.29, 0.717) is 12.6 Å². The molecule has 3 nitrogen and oxygen atoms in total. The predicted octanol–water partition coefficient (Wildman–Crippen LogP) is 2.70. The van der Waals surface area contributed by atoms with E-state index >= 15 is 0 Å². The zero-order chi connectivity index (χ0) is 13.5. The Balaban J connectivity index is 2.37. The summed E-state index contributed by atoms with van der Waals surface area (Å²) >= 11 is 2.05. The van der Waals surface area contributed by atoms with Gasteiger partial charge in [0, 0.05) is 12.1 Å². The third-order valence-corrected chi connectivity index (χ3v) is 4.96. The average Bonchev–Trinajstić information content (AvgIpc) is 2.39. The van der Waals surface area contributed by atoms with E-state index in [4.69, 9.17) is 4.74 Å². The van der Waals surface area contributed by atoms with E-state index in [9.17, 15) is 4.79 Å². The molecular formula is C14H27NO2S. The number of hydrogen-bond acceptors (Lipinski definition) is 4. The third-order valence-electron chi connectivity index (χ3n) is 3.91. The van der Waals surface area contributed by atoms with E-state index in [0.717, 1.165) is 5.92 Å². The van der Waals surface area contributed by atoms with Gasteiger partial charge in [-0.05, 0) is 51.0 Å². The van der Waals surface area contributed by atoms with Crippen LogP contribution >= 0.6 is 11.8 Å². The molecule has 1 aliphatic heterocycles. The summed E-state index contributed by atoms with van der Waals surface area (Å²) < 4.78 is 5.07. The molecule has 0 aromatic heterocycles. The van der Waals surface area contributed by atoms with Gasteiger partial charge >= 0.3 is 5.97 Å². The van der Waals surface area contributed by atoms with Crippen LogP contribution in [-0.2, 0) is 9.53 Å². The van der Waals surface area contributed by atoms with Crippen LogP contribution in [0.2, 0.25) is 0 Å². The quantitative estimate of drug-likeness (QED) is 0.755. The van der Waals surface area contributed by atoms with E-state index in [1.54, 1.807) is 0 Å². The van der Waals surface area contributed by atoms with Crippen LogP contribution < -0.4 is 5.32 Å². The fraction of sp³-hybridized carbons (Fsp3) is 0.929. The van der Waals surface area contributed by atoms with Crippen molar-refractivity contribution in [2.75, 3.05) is 18.1 Å². The molecule has 0 amide bonds. The van der Waals surface area contributed by atoms with Gasteiger partial charge in [-0.15, -0.1) is 0 Å². The lowest BCUT2D eigenvalue weighted by molar-refractivity contribution is -0.148. The van der Waals surface area contributed by atoms with Gasteiger partial charge in [0.05, 0.1) is 12.5 Å². The van der Waals surface area contributed by atoms with Crippen molar-refractivity contribution in [1.29, 1.82) is 0 Å². The molecule has 1 saturated heterocycles. The summed E-state index contributed by atoms with van der Waals surface area (Å²) in [4.78, 5) is 11.7. The van der Waals surface area contributed by atoms with Gasteiger partial charge in [0.1, 0.15) is 0 Å². The first-order valence-electron chi connectivity index (χ1n) is 7.06. The second kappa shape index (κ2) is 8.05. The minimum atomic E-state index is -0.0936. The first-order chi connectivity index (χ1) is 8.56. The molecule has 1 heterocycles. The van der Waals surface area contributed by atoms with Crippen LogP contribution in [0.3, 0.4) is 0 Å². The number of carbonyl (C=O) groups is 1. The zero-order valence-corrected chi connectivity index (χ0v) is 12.9. The molecule has 4 heteroatoms. The Labute approximate surface area is 115 Å². The van der Waals surface area contributed by atoms with Crippen LogP contribution in [0.25, 0.3) is 0 Å². The zero-order valence-electron chi connectivity index (χ0n) is 12.1. The smallest absolute Gasteiger partial charge is 0.310 e. The minimum absolute atomic E-state index is 0.0784. The summed E-state index contributed by atoms with van der Waals surface area (Å²) in [7, 11) is 0. The normalized spacial score (nSPS) is 22.2. The Bertz CT molecular complexity index is 254.